The van der Waals surface area contributed by atoms with Gasteiger partial charge in [-0.05, 0) is 48.9 Å². The third-order valence-electron chi connectivity index (χ3n) is 4.13. The largest absolute Gasteiger partial charge is 0.326 e. The number of carbonyl (C=O) groups excluding carboxylic acids is 2. The Hall–Kier alpha value is -3.81. The first-order chi connectivity index (χ1) is 13.8. The first kappa shape index (κ1) is 19.9. The summed E-state index contributed by atoms with van der Waals surface area (Å²) in [6.07, 6.45) is 0. The van der Waals surface area contributed by atoms with Crippen LogP contribution in [0.5, 0.6) is 0 Å². The van der Waals surface area contributed by atoms with Crippen molar-refractivity contribution in [3.05, 3.63) is 76.3 Å². The molecule has 0 radical (unpaired) electrons. The summed E-state index contributed by atoms with van der Waals surface area (Å²) in [6.45, 7) is 2.99. The van der Waals surface area contributed by atoms with Gasteiger partial charge in [-0.25, -0.2) is 9.07 Å². The summed E-state index contributed by atoms with van der Waals surface area (Å²) < 4.78 is 14.0. The molecule has 0 aliphatic carbocycles. The predicted octanol–water partition coefficient (Wildman–Crippen LogP) is 2.95. The Balaban J connectivity index is 1.83. The maximum Gasteiger partial charge on any atom is 0.267 e. The number of anilines is 2. The quantitative estimate of drug-likeness (QED) is 0.696. The second kappa shape index (κ2) is 8.47. The second-order valence-electron chi connectivity index (χ2n) is 6.48. The van der Waals surface area contributed by atoms with Gasteiger partial charge in [-0.1, -0.05) is 12.1 Å². The van der Waals surface area contributed by atoms with Crippen LogP contribution in [0.3, 0.4) is 0 Å². The summed E-state index contributed by atoms with van der Waals surface area (Å²) >= 11 is 0. The number of aryl methyl sites for hydroxylation is 1. The van der Waals surface area contributed by atoms with E-state index in [9.17, 15) is 18.8 Å². The van der Waals surface area contributed by atoms with Crippen molar-refractivity contribution in [1.82, 2.24) is 9.78 Å². The van der Waals surface area contributed by atoms with Gasteiger partial charge in [-0.15, -0.1) is 0 Å². The van der Waals surface area contributed by atoms with Crippen LogP contribution < -0.4 is 16.2 Å². The van der Waals surface area contributed by atoms with Gasteiger partial charge in [0.2, 0.25) is 11.8 Å². The number of halogens is 1. The number of hydrogen-bond donors (Lipinski definition) is 2. The third-order valence-corrected chi connectivity index (χ3v) is 4.13. The molecule has 0 aliphatic rings. The van der Waals surface area contributed by atoms with Gasteiger partial charge in [0.25, 0.3) is 5.56 Å². The van der Waals surface area contributed by atoms with E-state index in [1.807, 2.05) is 19.1 Å². The SMILES string of the molecule is CC(=O)Nc1cc(-c2ccc(=O)n(CC(=O)Nc3ccc(F)cc3)n2)ccc1C. The molecular weight excluding hydrogens is 375 g/mol. The number of amides is 2. The summed E-state index contributed by atoms with van der Waals surface area (Å²) in [7, 11) is 0. The zero-order valence-corrected chi connectivity index (χ0v) is 15.9. The second-order valence-corrected chi connectivity index (χ2v) is 6.48. The Labute approximate surface area is 166 Å². The van der Waals surface area contributed by atoms with E-state index in [4.69, 9.17) is 0 Å². The Morgan fingerprint density at radius 1 is 1.03 bits per heavy atom. The van der Waals surface area contributed by atoms with E-state index in [1.165, 1.54) is 37.3 Å². The molecule has 3 aromatic rings. The van der Waals surface area contributed by atoms with Crippen LogP contribution in [0.2, 0.25) is 0 Å². The van der Waals surface area contributed by atoms with Crippen molar-refractivity contribution in [2.75, 3.05) is 10.6 Å². The average Bonchev–Trinajstić information content (AvgIpc) is 2.67. The zero-order valence-electron chi connectivity index (χ0n) is 15.9. The normalized spacial score (nSPS) is 10.4. The number of nitrogens with one attached hydrogen (secondary N) is 2. The van der Waals surface area contributed by atoms with E-state index >= 15 is 0 Å². The molecule has 7 nitrogen and oxygen atoms in total. The van der Waals surface area contributed by atoms with Crippen molar-refractivity contribution in [3.8, 4) is 11.3 Å². The van der Waals surface area contributed by atoms with Crippen molar-refractivity contribution in [1.29, 1.82) is 0 Å². The van der Waals surface area contributed by atoms with Gasteiger partial charge in [0.15, 0.2) is 0 Å². The lowest BCUT2D eigenvalue weighted by Gasteiger charge is -2.11. The highest BCUT2D eigenvalue weighted by Gasteiger charge is 2.10. The first-order valence-electron chi connectivity index (χ1n) is 8.84. The predicted molar refractivity (Wildman–Crippen MR) is 108 cm³/mol. The molecule has 0 saturated heterocycles. The van der Waals surface area contributed by atoms with Gasteiger partial charge in [0, 0.05) is 29.9 Å². The maximum absolute atomic E-state index is 13.0. The highest BCUT2D eigenvalue weighted by Crippen LogP contribution is 2.23. The van der Waals surface area contributed by atoms with Crippen LogP contribution >= 0.6 is 0 Å². The Kier molecular flexibility index (Phi) is 5.82. The average molecular weight is 394 g/mol. The van der Waals surface area contributed by atoms with E-state index in [1.54, 1.807) is 12.1 Å². The lowest BCUT2D eigenvalue weighted by atomic mass is 10.1. The van der Waals surface area contributed by atoms with Crippen molar-refractivity contribution >= 4 is 23.2 Å². The number of carbonyl (C=O) groups is 2. The lowest BCUT2D eigenvalue weighted by molar-refractivity contribution is -0.117. The van der Waals surface area contributed by atoms with E-state index in [-0.39, 0.29) is 12.5 Å². The summed E-state index contributed by atoms with van der Waals surface area (Å²) in [4.78, 5) is 35.7. The molecule has 0 unspecified atom stereocenters. The fourth-order valence-corrected chi connectivity index (χ4v) is 2.69. The van der Waals surface area contributed by atoms with Gasteiger partial charge in [0.05, 0.1) is 5.69 Å². The number of aromatic nitrogens is 2. The Morgan fingerprint density at radius 2 is 1.76 bits per heavy atom. The molecule has 0 atom stereocenters. The van der Waals surface area contributed by atoms with Gasteiger partial charge in [-0.2, -0.15) is 5.10 Å². The van der Waals surface area contributed by atoms with Gasteiger partial charge < -0.3 is 10.6 Å². The summed E-state index contributed by atoms with van der Waals surface area (Å²) in [5, 5.41) is 9.59. The highest BCUT2D eigenvalue weighted by atomic mass is 19.1. The standard InChI is InChI=1S/C21H19FN4O3/c1-13-3-4-15(11-19(13)23-14(2)27)18-9-10-21(29)26(25-18)12-20(28)24-17-7-5-16(22)6-8-17/h3-11H,12H2,1-2H3,(H,23,27)(H,24,28). The van der Waals surface area contributed by atoms with Gasteiger partial charge >= 0.3 is 0 Å². The maximum atomic E-state index is 13.0. The third kappa shape index (κ3) is 5.13. The van der Waals surface area contributed by atoms with Gasteiger partial charge in [0.1, 0.15) is 12.4 Å². The zero-order chi connectivity index (χ0) is 21.0. The smallest absolute Gasteiger partial charge is 0.267 e. The summed E-state index contributed by atoms with van der Waals surface area (Å²) in [5.41, 5.74) is 2.67. The monoisotopic (exact) mass is 394 g/mol. The molecule has 0 spiro atoms. The number of hydrogen-bond acceptors (Lipinski definition) is 4. The van der Waals surface area contributed by atoms with Crippen LogP contribution in [-0.2, 0) is 16.1 Å². The van der Waals surface area contributed by atoms with E-state index in [0.29, 0.717) is 22.6 Å². The van der Waals surface area contributed by atoms with Crippen LogP contribution in [0.4, 0.5) is 15.8 Å². The van der Waals surface area contributed by atoms with Gasteiger partial charge in [-0.3, -0.25) is 14.4 Å². The first-order valence-corrected chi connectivity index (χ1v) is 8.84. The lowest BCUT2D eigenvalue weighted by Crippen LogP contribution is -2.29. The van der Waals surface area contributed by atoms with Crippen LogP contribution in [0, 0.1) is 12.7 Å². The summed E-state index contributed by atoms with van der Waals surface area (Å²) in [6, 6.07) is 13.6. The van der Waals surface area contributed by atoms with Crippen molar-refractivity contribution in [3.63, 3.8) is 0 Å². The molecule has 1 heterocycles. The molecule has 1 aromatic heterocycles. The van der Waals surface area contributed by atoms with Crippen molar-refractivity contribution in [2.45, 2.75) is 20.4 Å². The van der Waals surface area contributed by atoms with E-state index < -0.39 is 17.3 Å². The molecule has 29 heavy (non-hydrogen) atoms. The van der Waals surface area contributed by atoms with Crippen molar-refractivity contribution in [2.24, 2.45) is 0 Å². The molecular formula is C21H19FN4O3. The molecule has 2 N–H and O–H groups in total. The minimum atomic E-state index is -0.466. The molecule has 148 valence electrons. The fraction of sp³-hybridized carbons (Fsp3) is 0.143. The van der Waals surface area contributed by atoms with E-state index in [2.05, 4.69) is 15.7 Å². The van der Waals surface area contributed by atoms with Crippen LogP contribution in [0.25, 0.3) is 11.3 Å². The molecule has 0 fully saturated rings. The van der Waals surface area contributed by atoms with Crippen molar-refractivity contribution < 1.29 is 14.0 Å². The molecule has 0 saturated carbocycles. The van der Waals surface area contributed by atoms with E-state index in [0.717, 1.165) is 10.2 Å². The molecule has 8 heteroatoms. The molecule has 0 bridgehead atoms. The Bertz CT molecular complexity index is 1120. The molecule has 3 rings (SSSR count). The molecule has 0 aliphatic heterocycles. The Morgan fingerprint density at radius 3 is 2.45 bits per heavy atom. The fourth-order valence-electron chi connectivity index (χ4n) is 2.69. The van der Waals surface area contributed by atoms with Crippen LogP contribution in [0.15, 0.2) is 59.4 Å². The number of rotatable bonds is 5. The number of nitrogens with zero attached hydrogens (tertiary/aromatic N) is 2. The minimum absolute atomic E-state index is 0.194. The minimum Gasteiger partial charge on any atom is -0.326 e. The topological polar surface area (TPSA) is 93.1 Å². The summed E-state index contributed by atoms with van der Waals surface area (Å²) in [5.74, 6) is -1.07. The molecule has 2 aromatic carbocycles. The van der Waals surface area contributed by atoms with Crippen LogP contribution in [-0.4, -0.2) is 21.6 Å². The highest BCUT2D eigenvalue weighted by molar-refractivity contribution is 5.91. The number of benzene rings is 2. The van der Waals surface area contributed by atoms with Crippen LogP contribution in [0.1, 0.15) is 12.5 Å². The molecule has 2 amide bonds.